The summed E-state index contributed by atoms with van der Waals surface area (Å²) in [4.78, 5) is 4.74. The van der Waals surface area contributed by atoms with Gasteiger partial charge in [-0.2, -0.15) is 0 Å². The fourth-order valence-electron chi connectivity index (χ4n) is 3.41. The van der Waals surface area contributed by atoms with E-state index in [2.05, 4.69) is 45.7 Å². The van der Waals surface area contributed by atoms with E-state index in [-0.39, 0.29) is 11.8 Å². The summed E-state index contributed by atoms with van der Waals surface area (Å²) < 4.78 is 27.4. The Kier molecular flexibility index (Phi) is 6.88. The first-order valence-corrected chi connectivity index (χ1v) is 11.2. The molecule has 27 heavy (non-hydrogen) atoms. The molecule has 1 N–H and O–H groups in total. The summed E-state index contributed by atoms with van der Waals surface area (Å²) in [5.74, 6) is 0.130. The molecule has 0 aliphatic carbocycles. The summed E-state index contributed by atoms with van der Waals surface area (Å²) in [6, 6.07) is 20.4. The predicted octanol–water partition coefficient (Wildman–Crippen LogP) is 2.36. The topological polar surface area (TPSA) is 52.7 Å². The third-order valence-electron chi connectivity index (χ3n) is 5.16. The van der Waals surface area contributed by atoms with E-state index in [0.717, 1.165) is 31.7 Å². The lowest BCUT2D eigenvalue weighted by atomic mass is 10.2. The lowest BCUT2D eigenvalue weighted by Gasteiger charge is -2.39. The molecule has 1 saturated heterocycles. The van der Waals surface area contributed by atoms with E-state index in [4.69, 9.17) is 0 Å². The first-order chi connectivity index (χ1) is 13.0. The summed E-state index contributed by atoms with van der Waals surface area (Å²) in [7, 11) is -3.25. The number of piperazine rings is 1. The number of hydrogen-bond acceptors (Lipinski definition) is 4. The Balaban J connectivity index is 1.42. The van der Waals surface area contributed by atoms with E-state index in [1.165, 1.54) is 5.69 Å². The van der Waals surface area contributed by atoms with E-state index in [0.29, 0.717) is 13.0 Å². The minimum absolute atomic E-state index is 0.130. The van der Waals surface area contributed by atoms with Crippen LogP contribution < -0.4 is 9.62 Å². The van der Waals surface area contributed by atoms with Crippen LogP contribution in [0.2, 0.25) is 0 Å². The predicted molar refractivity (Wildman–Crippen MR) is 112 cm³/mol. The van der Waals surface area contributed by atoms with Gasteiger partial charge in [-0.25, -0.2) is 13.1 Å². The molecular formula is C21H29N3O2S. The van der Waals surface area contributed by atoms with Gasteiger partial charge in [0.2, 0.25) is 10.0 Å². The van der Waals surface area contributed by atoms with Gasteiger partial charge in [-0.3, -0.25) is 4.90 Å². The molecule has 1 aliphatic rings. The Morgan fingerprint density at radius 3 is 2.15 bits per heavy atom. The molecule has 146 valence electrons. The van der Waals surface area contributed by atoms with E-state index in [1.807, 2.05) is 36.4 Å². The minimum Gasteiger partial charge on any atom is -0.369 e. The molecule has 2 aromatic carbocycles. The maximum absolute atomic E-state index is 12.3. The number of nitrogens with zero attached hydrogens (tertiary/aromatic N) is 2. The largest absolute Gasteiger partial charge is 0.369 e. The zero-order valence-electron chi connectivity index (χ0n) is 15.9. The molecule has 6 heteroatoms. The number of rotatable bonds is 8. The smallest absolute Gasteiger partial charge is 0.211 e. The molecule has 1 heterocycles. The van der Waals surface area contributed by atoms with Gasteiger partial charge in [0.05, 0.1) is 5.75 Å². The number of anilines is 1. The van der Waals surface area contributed by atoms with Crippen molar-refractivity contribution in [3.8, 4) is 0 Å². The Bertz CT molecular complexity index is 789. The molecule has 1 atom stereocenters. The Morgan fingerprint density at radius 2 is 1.52 bits per heavy atom. The zero-order chi connectivity index (χ0) is 19.1. The normalized spacial score (nSPS) is 17.0. The molecule has 0 aromatic heterocycles. The molecular weight excluding hydrogens is 358 g/mol. The molecule has 0 bridgehead atoms. The maximum atomic E-state index is 12.3. The van der Waals surface area contributed by atoms with E-state index >= 15 is 0 Å². The van der Waals surface area contributed by atoms with Gasteiger partial charge in [-0.05, 0) is 31.0 Å². The summed E-state index contributed by atoms with van der Waals surface area (Å²) in [6.07, 6.45) is 0.542. The molecule has 1 unspecified atom stereocenters. The fourth-order valence-corrected chi connectivity index (χ4v) is 4.55. The van der Waals surface area contributed by atoms with Crippen LogP contribution in [0.5, 0.6) is 0 Å². The van der Waals surface area contributed by atoms with E-state index in [9.17, 15) is 8.42 Å². The first kappa shape index (κ1) is 19.9. The Labute approximate surface area is 163 Å². The summed E-state index contributed by atoms with van der Waals surface area (Å²) in [6.45, 7) is 6.38. The average Bonchev–Trinajstić information content (AvgIpc) is 2.72. The highest BCUT2D eigenvalue weighted by Crippen LogP contribution is 2.16. The molecule has 0 radical (unpaired) electrons. The second kappa shape index (κ2) is 9.35. The second-order valence-corrected chi connectivity index (χ2v) is 9.04. The summed E-state index contributed by atoms with van der Waals surface area (Å²) >= 11 is 0. The lowest BCUT2D eigenvalue weighted by molar-refractivity contribution is 0.198. The minimum atomic E-state index is -3.25. The maximum Gasteiger partial charge on any atom is 0.211 e. The average molecular weight is 388 g/mol. The van der Waals surface area contributed by atoms with Crippen LogP contribution in [0.1, 0.15) is 12.5 Å². The molecule has 3 rings (SSSR count). The van der Waals surface area contributed by atoms with Crippen molar-refractivity contribution in [1.29, 1.82) is 0 Å². The van der Waals surface area contributed by atoms with Gasteiger partial charge >= 0.3 is 0 Å². The third kappa shape index (κ3) is 6.06. The fraction of sp³-hybridized carbons (Fsp3) is 0.429. The van der Waals surface area contributed by atoms with Crippen molar-refractivity contribution in [2.24, 2.45) is 0 Å². The summed E-state index contributed by atoms with van der Waals surface area (Å²) in [5, 5.41) is 0. The molecule has 0 amide bonds. The quantitative estimate of drug-likeness (QED) is 0.756. The van der Waals surface area contributed by atoms with E-state index in [1.54, 1.807) is 0 Å². The van der Waals surface area contributed by atoms with Crippen LogP contribution in [0.15, 0.2) is 60.7 Å². The van der Waals surface area contributed by atoms with Crippen molar-refractivity contribution in [1.82, 2.24) is 9.62 Å². The highest BCUT2D eigenvalue weighted by Gasteiger charge is 2.22. The Morgan fingerprint density at radius 1 is 0.926 bits per heavy atom. The number of aryl methyl sites for hydroxylation is 1. The van der Waals surface area contributed by atoms with Crippen LogP contribution in [0.4, 0.5) is 5.69 Å². The number of hydrogen-bond donors (Lipinski definition) is 1. The standard InChI is InChI=1S/C21H29N3O2S/c1-19(18-22-27(25,26)17-12-20-8-4-2-5-9-20)23-13-15-24(16-14-23)21-10-6-3-7-11-21/h2-11,19,22H,12-18H2,1H3. The van der Waals surface area contributed by atoms with Gasteiger partial charge in [0, 0.05) is 44.5 Å². The van der Waals surface area contributed by atoms with Crippen molar-refractivity contribution in [3.63, 3.8) is 0 Å². The lowest BCUT2D eigenvalue weighted by Crippen LogP contribution is -2.52. The molecule has 0 spiro atoms. The SMILES string of the molecule is CC(CNS(=O)(=O)CCc1ccccc1)N1CCN(c2ccccc2)CC1. The summed E-state index contributed by atoms with van der Waals surface area (Å²) in [5.41, 5.74) is 2.30. The van der Waals surface area contributed by atoms with Crippen LogP contribution in [-0.4, -0.2) is 57.8 Å². The van der Waals surface area contributed by atoms with Gasteiger partial charge in [-0.1, -0.05) is 48.5 Å². The van der Waals surface area contributed by atoms with Crippen molar-refractivity contribution >= 4 is 15.7 Å². The number of nitrogens with one attached hydrogen (secondary N) is 1. The van der Waals surface area contributed by atoms with Gasteiger partial charge in [0.1, 0.15) is 0 Å². The van der Waals surface area contributed by atoms with Gasteiger partial charge < -0.3 is 4.90 Å². The van der Waals surface area contributed by atoms with Crippen molar-refractivity contribution < 1.29 is 8.42 Å². The first-order valence-electron chi connectivity index (χ1n) is 9.59. The van der Waals surface area contributed by atoms with Crippen molar-refractivity contribution in [2.45, 2.75) is 19.4 Å². The highest BCUT2D eigenvalue weighted by molar-refractivity contribution is 7.89. The second-order valence-electron chi connectivity index (χ2n) is 7.11. The molecule has 0 saturated carbocycles. The van der Waals surface area contributed by atoms with Crippen molar-refractivity contribution in [2.75, 3.05) is 43.4 Å². The molecule has 2 aromatic rings. The van der Waals surface area contributed by atoms with E-state index < -0.39 is 10.0 Å². The van der Waals surface area contributed by atoms with Crippen LogP contribution in [-0.2, 0) is 16.4 Å². The van der Waals surface area contributed by atoms with Crippen LogP contribution in [0.25, 0.3) is 0 Å². The van der Waals surface area contributed by atoms with Gasteiger partial charge in [0.25, 0.3) is 0 Å². The van der Waals surface area contributed by atoms with Gasteiger partial charge in [0.15, 0.2) is 0 Å². The number of para-hydroxylation sites is 1. The number of sulfonamides is 1. The zero-order valence-corrected chi connectivity index (χ0v) is 16.7. The molecule has 5 nitrogen and oxygen atoms in total. The molecule has 1 fully saturated rings. The third-order valence-corrected chi connectivity index (χ3v) is 6.51. The molecule has 1 aliphatic heterocycles. The van der Waals surface area contributed by atoms with Crippen LogP contribution >= 0.6 is 0 Å². The van der Waals surface area contributed by atoms with Crippen molar-refractivity contribution in [3.05, 3.63) is 66.2 Å². The highest BCUT2D eigenvalue weighted by atomic mass is 32.2. The van der Waals surface area contributed by atoms with Gasteiger partial charge in [-0.15, -0.1) is 0 Å². The monoisotopic (exact) mass is 387 g/mol. The van der Waals surface area contributed by atoms with Crippen LogP contribution in [0.3, 0.4) is 0 Å². The van der Waals surface area contributed by atoms with Crippen LogP contribution in [0, 0.1) is 0 Å². The Hall–Kier alpha value is -1.89. The number of benzene rings is 2.